The van der Waals surface area contributed by atoms with Crippen LogP contribution in [0.15, 0.2) is 0 Å². The number of carboxylic acids is 1. The van der Waals surface area contributed by atoms with Crippen molar-refractivity contribution in [1.82, 2.24) is 5.32 Å². The van der Waals surface area contributed by atoms with E-state index in [0.717, 1.165) is 44.6 Å². The zero-order valence-corrected chi connectivity index (χ0v) is 18.1. The molecule has 0 aliphatic heterocycles. The third-order valence-corrected chi connectivity index (χ3v) is 5.49. The minimum atomic E-state index is -0.756. The van der Waals surface area contributed by atoms with Crippen LogP contribution in [0.4, 0.5) is 0 Å². The first kappa shape index (κ1) is 25.9. The Morgan fingerprint density at radius 3 is 2.11 bits per heavy atom. The molecular weight excluding hydrogens is 340 g/mol. The number of nitrogens with two attached hydrogens (primary N) is 1. The molecule has 160 valence electrons. The second-order valence-corrected chi connectivity index (χ2v) is 8.54. The van der Waals surface area contributed by atoms with Gasteiger partial charge in [-0.15, -0.1) is 0 Å². The van der Waals surface area contributed by atoms with Crippen LogP contribution in [0.1, 0.15) is 98.3 Å². The maximum atomic E-state index is 12.1. The third kappa shape index (κ3) is 15.6. The molecular formula is C22H44N2O3. The van der Waals surface area contributed by atoms with Gasteiger partial charge in [0.15, 0.2) is 0 Å². The average molecular weight is 385 g/mol. The van der Waals surface area contributed by atoms with Gasteiger partial charge in [-0.1, -0.05) is 46.0 Å². The molecule has 5 heteroatoms. The van der Waals surface area contributed by atoms with Crippen molar-refractivity contribution in [3.05, 3.63) is 0 Å². The van der Waals surface area contributed by atoms with Gasteiger partial charge in [0.2, 0.25) is 5.91 Å². The fraction of sp³-hybridized carbons (Fsp3) is 0.909. The molecule has 0 radical (unpaired) electrons. The molecule has 0 aromatic heterocycles. The van der Waals surface area contributed by atoms with Crippen molar-refractivity contribution >= 4 is 11.9 Å². The molecule has 0 aromatic carbocycles. The monoisotopic (exact) mass is 384 g/mol. The minimum absolute atomic E-state index is 0.0839. The number of amides is 1. The van der Waals surface area contributed by atoms with E-state index >= 15 is 0 Å². The molecule has 3 atom stereocenters. The summed E-state index contributed by atoms with van der Waals surface area (Å²) >= 11 is 0. The number of carbonyl (C=O) groups is 2. The number of carbonyl (C=O) groups excluding carboxylic acids is 1. The van der Waals surface area contributed by atoms with Gasteiger partial charge in [0.1, 0.15) is 0 Å². The number of aliphatic carboxylic acids is 1. The van der Waals surface area contributed by atoms with Crippen molar-refractivity contribution in [2.75, 3.05) is 6.54 Å². The van der Waals surface area contributed by atoms with Gasteiger partial charge in [-0.25, -0.2) is 0 Å². The van der Waals surface area contributed by atoms with Crippen LogP contribution in [0.5, 0.6) is 0 Å². The van der Waals surface area contributed by atoms with Gasteiger partial charge in [0.05, 0.1) is 0 Å². The van der Waals surface area contributed by atoms with Gasteiger partial charge < -0.3 is 16.2 Å². The van der Waals surface area contributed by atoms with Crippen molar-refractivity contribution < 1.29 is 14.7 Å². The Labute approximate surface area is 166 Å². The van der Waals surface area contributed by atoms with Crippen LogP contribution in [0, 0.1) is 17.8 Å². The highest BCUT2D eigenvalue weighted by Gasteiger charge is 2.17. The molecule has 0 aliphatic carbocycles. The van der Waals surface area contributed by atoms with E-state index in [1.165, 1.54) is 19.3 Å². The van der Waals surface area contributed by atoms with Crippen LogP contribution in [0.3, 0.4) is 0 Å². The molecule has 0 aromatic rings. The van der Waals surface area contributed by atoms with Gasteiger partial charge in [-0.3, -0.25) is 9.59 Å². The molecule has 0 saturated carbocycles. The van der Waals surface area contributed by atoms with Crippen molar-refractivity contribution in [3.8, 4) is 0 Å². The van der Waals surface area contributed by atoms with E-state index in [1.54, 1.807) is 0 Å². The largest absolute Gasteiger partial charge is 0.481 e. The summed E-state index contributed by atoms with van der Waals surface area (Å²) in [5.41, 5.74) is 5.80. The maximum absolute atomic E-state index is 12.1. The molecule has 5 nitrogen and oxygen atoms in total. The first-order valence-electron chi connectivity index (χ1n) is 11.0. The smallest absolute Gasteiger partial charge is 0.303 e. The molecule has 0 bridgehead atoms. The van der Waals surface area contributed by atoms with Gasteiger partial charge in [0, 0.05) is 18.9 Å². The highest BCUT2D eigenvalue weighted by atomic mass is 16.4. The Bertz CT molecular complexity index is 399. The SMILES string of the molecule is CCC(C)CCC(CCN)CCCC(CCCC(=O)O)CC(=O)NC(C)C. The molecule has 0 aliphatic rings. The van der Waals surface area contributed by atoms with Gasteiger partial charge in [0.25, 0.3) is 0 Å². The van der Waals surface area contributed by atoms with Crippen LogP contribution >= 0.6 is 0 Å². The number of hydrogen-bond donors (Lipinski definition) is 3. The van der Waals surface area contributed by atoms with Crippen LogP contribution in [0.2, 0.25) is 0 Å². The lowest BCUT2D eigenvalue weighted by molar-refractivity contribution is -0.137. The zero-order valence-electron chi connectivity index (χ0n) is 18.1. The molecule has 0 rings (SSSR count). The van der Waals surface area contributed by atoms with E-state index in [9.17, 15) is 9.59 Å². The summed E-state index contributed by atoms with van der Waals surface area (Å²) in [5.74, 6) is 1.05. The van der Waals surface area contributed by atoms with E-state index in [1.807, 2.05) is 13.8 Å². The minimum Gasteiger partial charge on any atom is -0.481 e. The molecule has 3 unspecified atom stereocenters. The first-order chi connectivity index (χ1) is 12.8. The van der Waals surface area contributed by atoms with E-state index in [4.69, 9.17) is 10.8 Å². The quantitative estimate of drug-likeness (QED) is 0.338. The molecule has 0 fully saturated rings. The van der Waals surface area contributed by atoms with Crippen molar-refractivity contribution in [2.24, 2.45) is 23.5 Å². The van der Waals surface area contributed by atoms with E-state index in [2.05, 4.69) is 19.2 Å². The van der Waals surface area contributed by atoms with E-state index in [-0.39, 0.29) is 24.3 Å². The molecule has 0 heterocycles. The lowest BCUT2D eigenvalue weighted by Gasteiger charge is -2.21. The Kier molecular flexibility index (Phi) is 15.3. The van der Waals surface area contributed by atoms with Crippen molar-refractivity contribution in [2.45, 2.75) is 104 Å². The second-order valence-electron chi connectivity index (χ2n) is 8.54. The normalized spacial score (nSPS) is 14.7. The topological polar surface area (TPSA) is 92.4 Å². The van der Waals surface area contributed by atoms with Crippen LogP contribution < -0.4 is 11.1 Å². The first-order valence-corrected chi connectivity index (χ1v) is 11.0. The highest BCUT2D eigenvalue weighted by Crippen LogP contribution is 2.26. The van der Waals surface area contributed by atoms with Crippen LogP contribution in [-0.4, -0.2) is 29.6 Å². The maximum Gasteiger partial charge on any atom is 0.303 e. The summed E-state index contributed by atoms with van der Waals surface area (Å²) in [5, 5.41) is 11.8. The Hall–Kier alpha value is -1.10. The van der Waals surface area contributed by atoms with E-state index < -0.39 is 5.97 Å². The predicted molar refractivity (Wildman–Crippen MR) is 113 cm³/mol. The summed E-state index contributed by atoms with van der Waals surface area (Å²) in [4.78, 5) is 22.9. The summed E-state index contributed by atoms with van der Waals surface area (Å²) < 4.78 is 0. The molecule has 0 spiro atoms. The summed E-state index contributed by atoms with van der Waals surface area (Å²) in [7, 11) is 0. The second kappa shape index (κ2) is 15.9. The van der Waals surface area contributed by atoms with Crippen LogP contribution in [0.25, 0.3) is 0 Å². The number of carboxylic acid groups (broad SMARTS) is 1. The summed E-state index contributed by atoms with van der Waals surface area (Å²) in [6.07, 6.45) is 10.2. The summed E-state index contributed by atoms with van der Waals surface area (Å²) in [6, 6.07) is 0.145. The lowest BCUT2D eigenvalue weighted by Crippen LogP contribution is -2.31. The van der Waals surface area contributed by atoms with Crippen LogP contribution in [-0.2, 0) is 9.59 Å². The molecule has 4 N–H and O–H groups in total. The molecule has 1 amide bonds. The third-order valence-electron chi connectivity index (χ3n) is 5.49. The van der Waals surface area contributed by atoms with Gasteiger partial charge in [-0.05, 0) is 63.8 Å². The van der Waals surface area contributed by atoms with Crippen molar-refractivity contribution in [3.63, 3.8) is 0 Å². The number of rotatable bonds is 17. The van der Waals surface area contributed by atoms with Gasteiger partial charge >= 0.3 is 5.97 Å². The lowest BCUT2D eigenvalue weighted by atomic mass is 9.86. The summed E-state index contributed by atoms with van der Waals surface area (Å²) in [6.45, 7) is 9.22. The number of hydrogen-bond acceptors (Lipinski definition) is 3. The highest BCUT2D eigenvalue weighted by molar-refractivity contribution is 5.76. The Morgan fingerprint density at radius 1 is 0.926 bits per heavy atom. The molecule has 27 heavy (non-hydrogen) atoms. The van der Waals surface area contributed by atoms with Crippen molar-refractivity contribution in [1.29, 1.82) is 0 Å². The fourth-order valence-electron chi connectivity index (χ4n) is 3.62. The average Bonchev–Trinajstić information content (AvgIpc) is 2.57. The zero-order chi connectivity index (χ0) is 20.7. The Morgan fingerprint density at radius 2 is 1.56 bits per heavy atom. The number of nitrogens with one attached hydrogen (secondary N) is 1. The predicted octanol–water partition coefficient (Wildman–Crippen LogP) is 4.73. The standard InChI is InChI=1S/C22H44N2O3/c1-5-18(4)12-13-19(14-15-23)8-6-9-20(10-7-11-22(26)27)16-21(25)24-17(2)3/h17-20H,5-16,23H2,1-4H3,(H,24,25)(H,26,27). The van der Waals surface area contributed by atoms with Gasteiger partial charge in [-0.2, -0.15) is 0 Å². The molecule has 0 saturated heterocycles. The Balaban J connectivity index is 4.45. The fourth-order valence-corrected chi connectivity index (χ4v) is 3.62. The van der Waals surface area contributed by atoms with E-state index in [0.29, 0.717) is 18.8 Å².